The van der Waals surface area contributed by atoms with Gasteiger partial charge >= 0.3 is 6.61 Å². The number of benzene rings is 2. The highest BCUT2D eigenvalue weighted by atomic mass is 32.2. The van der Waals surface area contributed by atoms with Crippen LogP contribution in [-0.4, -0.2) is 39.1 Å². The lowest BCUT2D eigenvalue weighted by atomic mass is 9.93. The normalized spacial score (nSPS) is 24.3. The second kappa shape index (κ2) is 8.99. The van der Waals surface area contributed by atoms with E-state index in [4.69, 9.17) is 0 Å². The monoisotopic (exact) mass is 436 g/mol. The van der Waals surface area contributed by atoms with Crippen LogP contribution in [0.2, 0.25) is 0 Å². The molecule has 0 spiro atoms. The second-order valence-corrected chi connectivity index (χ2v) is 9.96. The van der Waals surface area contributed by atoms with Gasteiger partial charge in [-0.1, -0.05) is 42.5 Å². The Kier molecular flexibility index (Phi) is 6.36. The molecule has 1 heterocycles. The Balaban J connectivity index is 1.34. The van der Waals surface area contributed by atoms with Gasteiger partial charge in [0.15, 0.2) is 0 Å². The van der Waals surface area contributed by atoms with Crippen LogP contribution < -0.4 is 9.46 Å². The van der Waals surface area contributed by atoms with E-state index in [1.54, 1.807) is 24.3 Å². The maximum atomic E-state index is 12.7. The van der Waals surface area contributed by atoms with Crippen molar-refractivity contribution < 1.29 is 21.9 Å². The summed E-state index contributed by atoms with van der Waals surface area (Å²) in [6.45, 7) is -0.462. The molecule has 4 rings (SSSR count). The lowest BCUT2D eigenvalue weighted by Crippen LogP contribution is -2.52. The summed E-state index contributed by atoms with van der Waals surface area (Å²) in [5, 5.41) is 0. The topological polar surface area (TPSA) is 58.6 Å². The molecular formula is C22H26F2N2O3S. The first kappa shape index (κ1) is 21.2. The van der Waals surface area contributed by atoms with Gasteiger partial charge in [-0.15, -0.1) is 0 Å². The van der Waals surface area contributed by atoms with Crippen LogP contribution in [0.1, 0.15) is 24.0 Å². The van der Waals surface area contributed by atoms with Crippen molar-refractivity contribution in [2.75, 3.05) is 13.1 Å². The molecule has 162 valence electrons. The highest BCUT2D eigenvalue weighted by molar-refractivity contribution is 7.88. The summed E-state index contributed by atoms with van der Waals surface area (Å²) >= 11 is 0. The van der Waals surface area contributed by atoms with Crippen LogP contribution >= 0.6 is 0 Å². The number of hydrogen-bond acceptors (Lipinski definition) is 4. The fourth-order valence-electron chi connectivity index (χ4n) is 4.72. The fraction of sp³-hybridized carbons (Fsp3) is 0.455. The van der Waals surface area contributed by atoms with Crippen LogP contribution in [0, 0.1) is 11.8 Å². The third-order valence-corrected chi connectivity index (χ3v) is 7.32. The molecule has 1 aliphatic carbocycles. The van der Waals surface area contributed by atoms with Crippen molar-refractivity contribution >= 4 is 10.0 Å². The van der Waals surface area contributed by atoms with Gasteiger partial charge in [-0.3, -0.25) is 4.90 Å². The molecule has 3 atom stereocenters. The third kappa shape index (κ3) is 5.36. The lowest BCUT2D eigenvalue weighted by Gasteiger charge is -2.38. The zero-order chi connectivity index (χ0) is 21.1. The summed E-state index contributed by atoms with van der Waals surface area (Å²) in [5.74, 6) is 0.729. The van der Waals surface area contributed by atoms with Crippen LogP contribution in [0.4, 0.5) is 8.78 Å². The SMILES string of the molecule is O=S(=O)(Cc1ccccc1)NC1[C@@H]2CC[C@H]1CN(Cc1ccc(OC(F)F)cc1)C2. The molecule has 1 saturated heterocycles. The maximum Gasteiger partial charge on any atom is 0.387 e. The van der Waals surface area contributed by atoms with Crippen LogP contribution in [0.15, 0.2) is 54.6 Å². The first-order valence-corrected chi connectivity index (χ1v) is 11.8. The van der Waals surface area contributed by atoms with Crippen molar-refractivity contribution in [2.24, 2.45) is 11.8 Å². The quantitative estimate of drug-likeness (QED) is 0.687. The molecule has 0 radical (unpaired) electrons. The molecule has 1 unspecified atom stereocenters. The molecule has 2 aliphatic rings. The molecule has 1 aliphatic heterocycles. The Hall–Kier alpha value is -2.03. The van der Waals surface area contributed by atoms with Gasteiger partial charge in [0, 0.05) is 25.7 Å². The average Bonchev–Trinajstić information content (AvgIpc) is 2.91. The minimum Gasteiger partial charge on any atom is -0.435 e. The predicted octanol–water partition coefficient (Wildman–Crippen LogP) is 3.62. The number of hydrogen-bond donors (Lipinski definition) is 1. The number of sulfonamides is 1. The number of fused-ring (bicyclic) bond motifs is 2. The lowest BCUT2D eigenvalue weighted by molar-refractivity contribution is -0.0498. The van der Waals surface area contributed by atoms with E-state index >= 15 is 0 Å². The Morgan fingerprint density at radius 2 is 1.60 bits per heavy atom. The Labute approximate surface area is 176 Å². The van der Waals surface area contributed by atoms with Crippen molar-refractivity contribution in [1.82, 2.24) is 9.62 Å². The highest BCUT2D eigenvalue weighted by Gasteiger charge is 2.43. The smallest absolute Gasteiger partial charge is 0.387 e. The van der Waals surface area contributed by atoms with Gasteiger partial charge in [0.1, 0.15) is 5.75 Å². The van der Waals surface area contributed by atoms with Crippen molar-refractivity contribution in [3.05, 3.63) is 65.7 Å². The maximum absolute atomic E-state index is 12.7. The Bertz CT molecular complexity index is 925. The standard InChI is InChI=1S/C22H26F2N2O3S/c23-22(24)29-20-10-6-16(7-11-20)12-26-13-18-8-9-19(14-26)21(18)25-30(27,28)15-17-4-2-1-3-5-17/h1-7,10-11,18-19,21-22,25H,8-9,12-15H2/t18-,19+,21?. The molecule has 1 saturated carbocycles. The first-order chi connectivity index (χ1) is 14.4. The minimum absolute atomic E-state index is 0.000527. The van der Waals surface area contributed by atoms with Crippen LogP contribution in [0.3, 0.4) is 0 Å². The van der Waals surface area contributed by atoms with Crippen molar-refractivity contribution in [3.63, 3.8) is 0 Å². The highest BCUT2D eigenvalue weighted by Crippen LogP contribution is 2.38. The molecule has 1 N–H and O–H groups in total. The van der Waals surface area contributed by atoms with E-state index in [0.717, 1.165) is 37.1 Å². The average molecular weight is 437 g/mol. The molecule has 8 heteroatoms. The van der Waals surface area contributed by atoms with Crippen molar-refractivity contribution in [3.8, 4) is 5.75 Å². The minimum atomic E-state index is -3.39. The summed E-state index contributed by atoms with van der Waals surface area (Å²) in [6, 6.07) is 15.9. The largest absolute Gasteiger partial charge is 0.435 e. The summed E-state index contributed by atoms with van der Waals surface area (Å²) in [7, 11) is -3.39. The summed E-state index contributed by atoms with van der Waals surface area (Å²) in [5.41, 5.74) is 1.81. The second-order valence-electron chi connectivity index (χ2n) is 8.20. The van der Waals surface area contributed by atoms with Gasteiger partial charge in [-0.25, -0.2) is 13.1 Å². The molecule has 2 bridgehead atoms. The summed E-state index contributed by atoms with van der Waals surface area (Å²) < 4.78 is 57.3. The van der Waals surface area contributed by atoms with Gasteiger partial charge in [0.2, 0.25) is 10.0 Å². The van der Waals surface area contributed by atoms with E-state index in [2.05, 4.69) is 14.4 Å². The Morgan fingerprint density at radius 1 is 0.967 bits per heavy atom. The zero-order valence-corrected chi connectivity index (χ0v) is 17.4. The molecule has 30 heavy (non-hydrogen) atoms. The number of rotatable bonds is 8. The van der Waals surface area contributed by atoms with Crippen molar-refractivity contribution in [1.29, 1.82) is 0 Å². The molecule has 0 aromatic heterocycles. The molecular weight excluding hydrogens is 410 g/mol. The van der Waals surface area contributed by atoms with E-state index in [1.807, 2.05) is 30.3 Å². The van der Waals surface area contributed by atoms with E-state index in [0.29, 0.717) is 6.54 Å². The first-order valence-electron chi connectivity index (χ1n) is 10.2. The number of alkyl halides is 2. The summed E-state index contributed by atoms with van der Waals surface area (Å²) in [4.78, 5) is 2.33. The van der Waals surface area contributed by atoms with Crippen LogP contribution in [-0.2, 0) is 22.3 Å². The number of nitrogens with zero attached hydrogens (tertiary/aromatic N) is 1. The number of likely N-dealkylation sites (tertiary alicyclic amines) is 1. The van der Waals surface area contributed by atoms with Gasteiger partial charge < -0.3 is 4.74 Å². The van der Waals surface area contributed by atoms with E-state index in [1.165, 1.54) is 0 Å². The number of nitrogens with one attached hydrogen (secondary N) is 1. The van der Waals surface area contributed by atoms with E-state index in [9.17, 15) is 17.2 Å². The number of ether oxygens (including phenoxy) is 1. The molecule has 0 amide bonds. The Morgan fingerprint density at radius 3 is 2.20 bits per heavy atom. The fourth-order valence-corrected chi connectivity index (χ4v) is 6.23. The zero-order valence-electron chi connectivity index (χ0n) is 16.6. The van der Waals surface area contributed by atoms with Gasteiger partial charge in [-0.05, 0) is 47.9 Å². The van der Waals surface area contributed by atoms with Gasteiger partial charge in [0.05, 0.1) is 5.75 Å². The van der Waals surface area contributed by atoms with Gasteiger partial charge in [0.25, 0.3) is 0 Å². The molecule has 5 nitrogen and oxygen atoms in total. The molecule has 2 aromatic carbocycles. The van der Waals surface area contributed by atoms with Crippen molar-refractivity contribution in [2.45, 2.75) is 37.8 Å². The van der Waals surface area contributed by atoms with E-state index in [-0.39, 0.29) is 29.4 Å². The summed E-state index contributed by atoms with van der Waals surface area (Å²) in [6.07, 6.45) is 2.03. The van der Waals surface area contributed by atoms with Crippen LogP contribution in [0.25, 0.3) is 0 Å². The van der Waals surface area contributed by atoms with Gasteiger partial charge in [-0.2, -0.15) is 8.78 Å². The predicted molar refractivity (Wildman–Crippen MR) is 111 cm³/mol. The third-order valence-electron chi connectivity index (χ3n) is 5.98. The van der Waals surface area contributed by atoms with Crippen LogP contribution in [0.5, 0.6) is 5.75 Å². The molecule has 2 fully saturated rings. The van der Waals surface area contributed by atoms with E-state index < -0.39 is 16.6 Å². The molecule has 2 aromatic rings. The number of piperidine rings is 1. The number of halogens is 2.